The maximum Gasteiger partial charge on any atom is 0.302 e. The van der Waals surface area contributed by atoms with Gasteiger partial charge in [0, 0.05) is 18.3 Å². The molecule has 0 saturated heterocycles. The van der Waals surface area contributed by atoms with Gasteiger partial charge in [-0.3, -0.25) is 9.59 Å². The van der Waals surface area contributed by atoms with Gasteiger partial charge in [-0.2, -0.15) is 0 Å². The monoisotopic (exact) mass is 482 g/mol. The Morgan fingerprint density at radius 2 is 1.54 bits per heavy atom. The zero-order valence-electron chi connectivity index (χ0n) is 23.8. The molecule has 35 heavy (non-hydrogen) atoms. The van der Waals surface area contributed by atoms with E-state index in [2.05, 4.69) is 54.5 Å². The molecule has 0 aromatic carbocycles. The van der Waals surface area contributed by atoms with E-state index in [0.717, 1.165) is 25.2 Å². The lowest BCUT2D eigenvalue weighted by molar-refractivity contribution is -0.255. The van der Waals surface area contributed by atoms with Crippen LogP contribution in [0.1, 0.15) is 113 Å². The second-order valence-electron chi connectivity index (χ2n) is 15.5. The Hall–Kier alpha value is -1.12. The van der Waals surface area contributed by atoms with E-state index in [1.54, 1.807) is 0 Å². The normalized spacial score (nSPS) is 52.5. The van der Waals surface area contributed by atoms with Crippen LogP contribution in [0.3, 0.4) is 0 Å². The van der Waals surface area contributed by atoms with Gasteiger partial charge in [-0.1, -0.05) is 54.5 Å². The highest BCUT2D eigenvalue weighted by molar-refractivity contribution is 5.94. The van der Waals surface area contributed by atoms with Gasteiger partial charge in [0.2, 0.25) is 0 Å². The minimum atomic E-state index is -0.261. The van der Waals surface area contributed by atoms with E-state index in [4.69, 9.17) is 4.74 Å². The molecule has 0 aliphatic heterocycles. The fraction of sp³-hybridized carbons (Fsp3) is 0.875. The fourth-order valence-electron chi connectivity index (χ4n) is 11.0. The van der Waals surface area contributed by atoms with Gasteiger partial charge in [-0.05, 0) is 109 Å². The summed E-state index contributed by atoms with van der Waals surface area (Å²) in [6, 6.07) is 0. The van der Waals surface area contributed by atoms with Gasteiger partial charge in [0.15, 0.2) is 5.78 Å². The number of fused-ring (bicyclic) bond motifs is 7. The molecule has 5 aliphatic carbocycles. The SMILES string of the molecule is CC(=O)OCC12CCC3C(C)(CCC4(C)C5CC(C)(C)CCC5(C)CCC34C)C1C(=O)C=CC2C. The van der Waals surface area contributed by atoms with Crippen molar-refractivity contribution in [2.45, 2.75) is 113 Å². The average molecular weight is 483 g/mol. The summed E-state index contributed by atoms with van der Waals surface area (Å²) in [5, 5.41) is 0. The van der Waals surface area contributed by atoms with Crippen molar-refractivity contribution in [3.63, 3.8) is 0 Å². The first-order valence-electron chi connectivity index (χ1n) is 14.5. The maximum atomic E-state index is 13.8. The number of rotatable bonds is 2. The number of hydrogen-bond acceptors (Lipinski definition) is 3. The van der Waals surface area contributed by atoms with Crippen molar-refractivity contribution in [1.82, 2.24) is 0 Å². The molecule has 0 N–H and O–H groups in total. The molecule has 0 heterocycles. The molecule has 3 heteroatoms. The van der Waals surface area contributed by atoms with Gasteiger partial charge in [0.05, 0.1) is 6.61 Å². The highest BCUT2D eigenvalue weighted by atomic mass is 16.5. The van der Waals surface area contributed by atoms with Gasteiger partial charge >= 0.3 is 5.97 Å². The standard InChI is InChI=1S/C32H50O3/c1-21-9-10-23(34)26-29(6)16-18-31(8)25-19-27(3,4)13-14-28(25,5)15-17-30(31,7)24(29)11-12-32(21,26)20-35-22(2)33/h9-10,21,24-26H,11-20H2,1-8H3. The molecule has 0 bridgehead atoms. The first kappa shape index (κ1) is 25.5. The molecular formula is C32H50O3. The number of carbonyl (C=O) groups excluding carboxylic acids is 2. The van der Waals surface area contributed by atoms with E-state index in [1.165, 1.54) is 45.4 Å². The van der Waals surface area contributed by atoms with Crippen LogP contribution in [0.4, 0.5) is 0 Å². The van der Waals surface area contributed by atoms with Crippen LogP contribution in [0, 0.1) is 56.2 Å². The van der Waals surface area contributed by atoms with Crippen LogP contribution < -0.4 is 0 Å². The first-order chi connectivity index (χ1) is 16.1. The Bertz CT molecular complexity index is 948. The molecule has 0 aromatic heterocycles. The second kappa shape index (κ2) is 7.70. The third-order valence-electron chi connectivity index (χ3n) is 13.4. The van der Waals surface area contributed by atoms with Crippen molar-refractivity contribution in [3.8, 4) is 0 Å². The zero-order chi connectivity index (χ0) is 25.7. The Labute approximate surface area is 214 Å². The van der Waals surface area contributed by atoms with E-state index in [-0.39, 0.29) is 39.8 Å². The highest BCUT2D eigenvalue weighted by Crippen LogP contribution is 2.78. The number of ether oxygens (including phenoxy) is 1. The number of ketones is 1. The molecule has 9 unspecified atom stereocenters. The molecule has 0 amide bonds. The number of esters is 1. The number of carbonyl (C=O) groups is 2. The summed E-state index contributed by atoms with van der Waals surface area (Å²) in [5.41, 5.74) is 1.15. The van der Waals surface area contributed by atoms with E-state index in [9.17, 15) is 9.59 Å². The van der Waals surface area contributed by atoms with Gasteiger partial charge in [0.1, 0.15) is 0 Å². The van der Waals surface area contributed by atoms with E-state index < -0.39 is 0 Å². The van der Waals surface area contributed by atoms with Crippen molar-refractivity contribution in [3.05, 3.63) is 12.2 Å². The molecule has 0 spiro atoms. The van der Waals surface area contributed by atoms with Crippen LogP contribution in [-0.2, 0) is 14.3 Å². The molecule has 4 saturated carbocycles. The van der Waals surface area contributed by atoms with Crippen LogP contribution in [0.25, 0.3) is 0 Å². The summed E-state index contributed by atoms with van der Waals surface area (Å²) in [6.07, 6.45) is 15.1. The predicted molar refractivity (Wildman–Crippen MR) is 141 cm³/mol. The Kier molecular flexibility index (Phi) is 5.62. The summed E-state index contributed by atoms with van der Waals surface area (Å²) in [7, 11) is 0. The smallest absolute Gasteiger partial charge is 0.302 e. The lowest BCUT2D eigenvalue weighted by Crippen LogP contribution is -2.69. The fourth-order valence-corrected chi connectivity index (χ4v) is 11.0. The average Bonchev–Trinajstić information content (AvgIpc) is 2.78. The third kappa shape index (κ3) is 3.34. The van der Waals surface area contributed by atoms with Crippen molar-refractivity contribution in [2.75, 3.05) is 6.61 Å². The van der Waals surface area contributed by atoms with Crippen LogP contribution in [-0.4, -0.2) is 18.4 Å². The largest absolute Gasteiger partial charge is 0.465 e. The van der Waals surface area contributed by atoms with Crippen molar-refractivity contribution in [2.24, 2.45) is 56.2 Å². The van der Waals surface area contributed by atoms with Crippen LogP contribution in [0.2, 0.25) is 0 Å². The van der Waals surface area contributed by atoms with Gasteiger partial charge in [-0.25, -0.2) is 0 Å². The second-order valence-corrected chi connectivity index (χ2v) is 15.5. The van der Waals surface area contributed by atoms with Gasteiger partial charge < -0.3 is 4.74 Å². The molecule has 0 aromatic rings. The van der Waals surface area contributed by atoms with Crippen LogP contribution >= 0.6 is 0 Å². The lowest BCUT2D eigenvalue weighted by Gasteiger charge is -2.74. The molecule has 196 valence electrons. The quantitative estimate of drug-likeness (QED) is 0.377. The summed E-state index contributed by atoms with van der Waals surface area (Å²) in [5.74, 6) is 1.56. The molecule has 0 radical (unpaired) electrons. The van der Waals surface area contributed by atoms with Crippen molar-refractivity contribution >= 4 is 11.8 Å². The Morgan fingerprint density at radius 3 is 2.23 bits per heavy atom. The van der Waals surface area contributed by atoms with Gasteiger partial charge in [-0.15, -0.1) is 0 Å². The number of allylic oxidation sites excluding steroid dienone is 2. The molecule has 5 aliphatic rings. The van der Waals surface area contributed by atoms with E-state index in [0.29, 0.717) is 28.8 Å². The Balaban J connectivity index is 1.57. The predicted octanol–water partition coefficient (Wildman–Crippen LogP) is 7.78. The van der Waals surface area contributed by atoms with Crippen LogP contribution in [0.5, 0.6) is 0 Å². The molecule has 4 fully saturated rings. The van der Waals surface area contributed by atoms with Crippen LogP contribution in [0.15, 0.2) is 12.2 Å². The van der Waals surface area contributed by atoms with Crippen molar-refractivity contribution in [1.29, 1.82) is 0 Å². The summed E-state index contributed by atoms with van der Waals surface area (Å²) >= 11 is 0. The lowest BCUT2D eigenvalue weighted by atomic mass is 9.30. The summed E-state index contributed by atoms with van der Waals surface area (Å²) in [4.78, 5) is 25.6. The molecule has 5 rings (SSSR count). The molecule has 3 nitrogen and oxygen atoms in total. The molecule has 9 atom stereocenters. The third-order valence-corrected chi connectivity index (χ3v) is 13.4. The van der Waals surface area contributed by atoms with Gasteiger partial charge in [0.25, 0.3) is 0 Å². The summed E-state index contributed by atoms with van der Waals surface area (Å²) in [6.45, 7) is 19.5. The first-order valence-corrected chi connectivity index (χ1v) is 14.5. The number of hydrogen-bond donors (Lipinski definition) is 0. The maximum absolute atomic E-state index is 13.8. The molecular weight excluding hydrogens is 432 g/mol. The summed E-state index contributed by atoms with van der Waals surface area (Å²) < 4.78 is 5.72. The topological polar surface area (TPSA) is 43.4 Å². The van der Waals surface area contributed by atoms with Crippen molar-refractivity contribution < 1.29 is 14.3 Å². The minimum absolute atomic E-state index is 0.0410. The Morgan fingerprint density at radius 1 is 0.914 bits per heavy atom. The highest BCUT2D eigenvalue weighted by Gasteiger charge is 2.72. The van der Waals surface area contributed by atoms with E-state index in [1.807, 2.05) is 6.08 Å². The zero-order valence-corrected chi connectivity index (χ0v) is 23.8. The minimum Gasteiger partial charge on any atom is -0.465 e. The van der Waals surface area contributed by atoms with E-state index >= 15 is 0 Å².